The average molecular weight is 419 g/mol. The highest BCUT2D eigenvalue weighted by atomic mass is 79.9. The summed E-state index contributed by atoms with van der Waals surface area (Å²) in [5, 5.41) is 8.98. The summed E-state index contributed by atoms with van der Waals surface area (Å²) in [6.45, 7) is -0.197. The van der Waals surface area contributed by atoms with Gasteiger partial charge >= 0.3 is 5.97 Å². The van der Waals surface area contributed by atoms with E-state index in [0.29, 0.717) is 4.47 Å². The maximum atomic E-state index is 12.7. The molecule has 1 saturated heterocycles. The molecule has 0 aliphatic carbocycles. The molecule has 0 amide bonds. The van der Waals surface area contributed by atoms with Crippen molar-refractivity contribution in [1.82, 2.24) is 4.31 Å². The van der Waals surface area contributed by atoms with Gasteiger partial charge in [0, 0.05) is 11.0 Å². The first-order valence-electron chi connectivity index (χ1n) is 5.72. The van der Waals surface area contributed by atoms with Crippen LogP contribution in [0.2, 0.25) is 10.0 Å². The molecular formula is C11H10BrCl2NO5S. The number of hydrogen-bond acceptors (Lipinski definition) is 4. The standard InChI is InChI=1S/C11H10BrCl2NO5S/c12-6-3-7(13)10(8(14)4-6)21(18,19)15-1-2-20-5-9(15)11(16)17/h3-4,9H,1-2,5H2,(H,16,17). The number of aliphatic carboxylic acids is 1. The van der Waals surface area contributed by atoms with Crippen LogP contribution in [0, 0.1) is 0 Å². The number of rotatable bonds is 3. The van der Waals surface area contributed by atoms with Crippen molar-refractivity contribution in [3.05, 3.63) is 26.7 Å². The van der Waals surface area contributed by atoms with Crippen molar-refractivity contribution in [3.8, 4) is 0 Å². The van der Waals surface area contributed by atoms with E-state index in [9.17, 15) is 13.2 Å². The quantitative estimate of drug-likeness (QED) is 0.813. The molecule has 1 heterocycles. The van der Waals surface area contributed by atoms with Crippen molar-refractivity contribution in [1.29, 1.82) is 0 Å². The number of benzene rings is 1. The number of sulfonamides is 1. The molecular weight excluding hydrogens is 409 g/mol. The van der Waals surface area contributed by atoms with Crippen molar-refractivity contribution in [2.45, 2.75) is 10.9 Å². The second-order valence-corrected chi connectivity index (χ2v) is 7.80. The molecule has 1 atom stereocenters. The van der Waals surface area contributed by atoms with E-state index in [0.717, 1.165) is 4.31 Å². The lowest BCUT2D eigenvalue weighted by Gasteiger charge is -2.32. The summed E-state index contributed by atoms with van der Waals surface area (Å²) in [6.07, 6.45) is 0. The number of carbonyl (C=O) groups is 1. The highest BCUT2D eigenvalue weighted by Gasteiger charge is 2.40. The molecule has 1 aliphatic heterocycles. The molecule has 116 valence electrons. The third kappa shape index (κ3) is 3.35. The third-order valence-corrected chi connectivity index (χ3v) is 6.18. The van der Waals surface area contributed by atoms with Crippen LogP contribution in [-0.2, 0) is 19.6 Å². The van der Waals surface area contributed by atoms with Gasteiger partial charge in [0.2, 0.25) is 10.0 Å². The fraction of sp³-hybridized carbons (Fsp3) is 0.364. The first-order valence-corrected chi connectivity index (χ1v) is 8.71. The summed E-state index contributed by atoms with van der Waals surface area (Å²) < 4.78 is 31.7. The van der Waals surface area contributed by atoms with Crippen molar-refractivity contribution >= 4 is 55.1 Å². The van der Waals surface area contributed by atoms with E-state index >= 15 is 0 Å². The molecule has 10 heteroatoms. The first-order chi connectivity index (χ1) is 9.75. The fourth-order valence-electron chi connectivity index (χ4n) is 1.96. The molecule has 21 heavy (non-hydrogen) atoms. The van der Waals surface area contributed by atoms with Gasteiger partial charge < -0.3 is 9.84 Å². The second-order valence-electron chi connectivity index (χ2n) is 4.24. The van der Waals surface area contributed by atoms with Crippen LogP contribution in [-0.4, -0.2) is 49.6 Å². The number of morpholine rings is 1. The monoisotopic (exact) mass is 417 g/mol. The number of carboxylic acids is 1. The van der Waals surface area contributed by atoms with Crippen LogP contribution in [0.4, 0.5) is 0 Å². The third-order valence-electron chi connectivity index (χ3n) is 2.89. The highest BCUT2D eigenvalue weighted by Crippen LogP contribution is 2.35. The van der Waals surface area contributed by atoms with E-state index < -0.39 is 22.0 Å². The Morgan fingerprint density at radius 1 is 1.38 bits per heavy atom. The molecule has 0 spiro atoms. The minimum atomic E-state index is -4.15. The Kier molecular flexibility index (Phi) is 5.17. The molecule has 1 fully saturated rings. The van der Waals surface area contributed by atoms with Gasteiger partial charge in [-0.1, -0.05) is 39.1 Å². The van der Waals surface area contributed by atoms with Crippen LogP contribution < -0.4 is 0 Å². The van der Waals surface area contributed by atoms with Gasteiger partial charge in [0.05, 0.1) is 23.3 Å². The van der Waals surface area contributed by atoms with Gasteiger partial charge in [-0.15, -0.1) is 0 Å². The zero-order chi connectivity index (χ0) is 15.8. The van der Waals surface area contributed by atoms with Gasteiger partial charge in [-0.25, -0.2) is 8.42 Å². The Morgan fingerprint density at radius 3 is 2.48 bits per heavy atom. The molecule has 6 nitrogen and oxygen atoms in total. The van der Waals surface area contributed by atoms with Crippen molar-refractivity contribution in [2.24, 2.45) is 0 Å². The van der Waals surface area contributed by atoms with Crippen molar-refractivity contribution < 1.29 is 23.1 Å². The number of halogens is 3. The molecule has 0 radical (unpaired) electrons. The minimum Gasteiger partial charge on any atom is -0.480 e. The lowest BCUT2D eigenvalue weighted by Crippen LogP contribution is -2.52. The average Bonchev–Trinajstić information content (AvgIpc) is 2.37. The summed E-state index contributed by atoms with van der Waals surface area (Å²) in [6, 6.07) is 1.46. The summed E-state index contributed by atoms with van der Waals surface area (Å²) in [5.74, 6) is -1.29. The van der Waals surface area contributed by atoms with E-state index in [2.05, 4.69) is 15.9 Å². The molecule has 0 aromatic heterocycles. The Balaban J connectivity index is 2.53. The molecule has 1 aromatic rings. The Labute approximate surface area is 139 Å². The fourth-order valence-corrected chi connectivity index (χ4v) is 5.40. The van der Waals surface area contributed by atoms with E-state index in [1.54, 1.807) is 0 Å². The SMILES string of the molecule is O=C(O)C1COCCN1S(=O)(=O)c1c(Cl)cc(Br)cc1Cl. The molecule has 0 bridgehead atoms. The summed E-state index contributed by atoms with van der Waals surface area (Å²) in [5.41, 5.74) is 0. The molecule has 1 aliphatic rings. The Morgan fingerprint density at radius 2 is 1.95 bits per heavy atom. The van der Waals surface area contributed by atoms with Gasteiger partial charge in [0.25, 0.3) is 0 Å². The second kappa shape index (κ2) is 6.39. The van der Waals surface area contributed by atoms with Gasteiger partial charge in [-0.2, -0.15) is 4.31 Å². The van der Waals surface area contributed by atoms with Crippen molar-refractivity contribution in [2.75, 3.05) is 19.8 Å². The van der Waals surface area contributed by atoms with Crippen LogP contribution in [0.3, 0.4) is 0 Å². The van der Waals surface area contributed by atoms with Gasteiger partial charge in [0.15, 0.2) is 0 Å². The Bertz CT molecular complexity index is 658. The summed E-state index contributed by atoms with van der Waals surface area (Å²) in [7, 11) is -4.15. The minimum absolute atomic E-state index is 0.0787. The van der Waals surface area contributed by atoms with E-state index in [4.69, 9.17) is 33.0 Å². The lowest BCUT2D eigenvalue weighted by molar-refractivity contribution is -0.146. The van der Waals surface area contributed by atoms with Crippen LogP contribution in [0.5, 0.6) is 0 Å². The number of carboxylic acid groups (broad SMARTS) is 1. The van der Waals surface area contributed by atoms with Crippen LogP contribution >= 0.6 is 39.1 Å². The normalized spacial score (nSPS) is 20.4. The number of nitrogens with zero attached hydrogens (tertiary/aromatic N) is 1. The lowest BCUT2D eigenvalue weighted by atomic mass is 10.3. The Hall–Kier alpha value is -0.380. The molecule has 1 N–H and O–H groups in total. The molecule has 0 saturated carbocycles. The number of ether oxygens (including phenoxy) is 1. The summed E-state index contributed by atoms with van der Waals surface area (Å²) in [4.78, 5) is 10.9. The zero-order valence-corrected chi connectivity index (χ0v) is 14.3. The van der Waals surface area contributed by atoms with Gasteiger partial charge in [-0.05, 0) is 12.1 Å². The number of hydrogen-bond donors (Lipinski definition) is 1. The molecule has 2 rings (SSSR count). The van der Waals surface area contributed by atoms with Crippen LogP contribution in [0.1, 0.15) is 0 Å². The predicted molar refractivity (Wildman–Crippen MR) is 80.3 cm³/mol. The maximum absolute atomic E-state index is 12.7. The highest BCUT2D eigenvalue weighted by molar-refractivity contribution is 9.10. The molecule has 1 unspecified atom stereocenters. The van der Waals surface area contributed by atoms with Gasteiger partial charge in [-0.3, -0.25) is 4.79 Å². The van der Waals surface area contributed by atoms with E-state index in [1.165, 1.54) is 12.1 Å². The van der Waals surface area contributed by atoms with Crippen molar-refractivity contribution in [3.63, 3.8) is 0 Å². The van der Waals surface area contributed by atoms with Crippen LogP contribution in [0.25, 0.3) is 0 Å². The van der Waals surface area contributed by atoms with Gasteiger partial charge in [0.1, 0.15) is 10.9 Å². The van der Waals surface area contributed by atoms with E-state index in [-0.39, 0.29) is 34.7 Å². The topological polar surface area (TPSA) is 83.9 Å². The maximum Gasteiger partial charge on any atom is 0.324 e. The smallest absolute Gasteiger partial charge is 0.324 e. The zero-order valence-electron chi connectivity index (χ0n) is 10.4. The molecule has 1 aromatic carbocycles. The predicted octanol–water partition coefficient (Wildman–Crippen LogP) is 2.23. The summed E-state index contributed by atoms with van der Waals surface area (Å²) >= 11 is 15.1. The van der Waals surface area contributed by atoms with E-state index in [1.807, 2.05) is 0 Å². The van der Waals surface area contributed by atoms with Crippen LogP contribution in [0.15, 0.2) is 21.5 Å². The first kappa shape index (κ1) is 17.0. The largest absolute Gasteiger partial charge is 0.480 e.